The molecule has 0 saturated heterocycles. The third-order valence-corrected chi connectivity index (χ3v) is 21.3. The molecule has 3 unspecified atom stereocenters. The topological polar surface area (TPSA) is 237 Å². The number of rotatable bonds is 81. The van der Waals surface area contributed by atoms with Gasteiger partial charge in [0, 0.05) is 25.7 Å². The third-order valence-electron chi connectivity index (χ3n) is 19.4. The molecule has 0 rings (SSSR count). The second kappa shape index (κ2) is 73.9. The SMILES string of the molecule is CCCCCCCCCCCCCCCCCCCCCC(=O)OC[C@H](COP(=O)(O)OC[C@@H](O)COP(=O)(O)OC[C@@H](COC(=O)CCCCCCC)OC(=O)CCCCCCCCCCCCCCCC)OC(=O)CCCCCCCCCCCCCCCCCCCCC(C)CC. The zero-order chi connectivity index (χ0) is 73.4. The number of hydrogen-bond acceptors (Lipinski definition) is 15. The lowest BCUT2D eigenvalue weighted by molar-refractivity contribution is -0.161. The van der Waals surface area contributed by atoms with E-state index in [1.165, 1.54) is 250 Å². The number of aliphatic hydroxyl groups is 1. The summed E-state index contributed by atoms with van der Waals surface area (Å²) in [6.45, 7) is 7.31. The van der Waals surface area contributed by atoms with E-state index in [0.717, 1.165) is 102 Å². The van der Waals surface area contributed by atoms with Gasteiger partial charge in [-0.3, -0.25) is 37.3 Å². The van der Waals surface area contributed by atoms with E-state index < -0.39 is 97.5 Å². The Hall–Kier alpha value is -1.94. The van der Waals surface area contributed by atoms with Crippen molar-refractivity contribution in [3.05, 3.63) is 0 Å². The Balaban J connectivity index is 5.11. The fourth-order valence-electron chi connectivity index (χ4n) is 12.6. The number of unbranched alkanes of at least 4 members (excludes halogenated alkanes) is 52. The molecule has 0 aliphatic carbocycles. The molecule has 0 heterocycles. The number of ether oxygens (including phenoxy) is 4. The van der Waals surface area contributed by atoms with E-state index >= 15 is 0 Å². The van der Waals surface area contributed by atoms with Crippen LogP contribution in [-0.2, 0) is 65.4 Å². The van der Waals surface area contributed by atoms with E-state index in [2.05, 4.69) is 34.6 Å². The van der Waals surface area contributed by atoms with Gasteiger partial charge in [-0.2, -0.15) is 0 Å². The maximum atomic E-state index is 13.1. The molecule has 0 amide bonds. The largest absolute Gasteiger partial charge is 0.472 e. The molecule has 0 radical (unpaired) electrons. The van der Waals surface area contributed by atoms with Gasteiger partial charge < -0.3 is 33.8 Å². The highest BCUT2D eigenvalue weighted by molar-refractivity contribution is 7.47. The molecule has 19 heteroatoms. The summed E-state index contributed by atoms with van der Waals surface area (Å²) in [5.41, 5.74) is 0. The first-order valence-electron chi connectivity index (χ1n) is 42.2. The lowest BCUT2D eigenvalue weighted by Gasteiger charge is -2.21. The van der Waals surface area contributed by atoms with Crippen LogP contribution in [0.5, 0.6) is 0 Å². The summed E-state index contributed by atoms with van der Waals surface area (Å²) in [6, 6.07) is 0. The van der Waals surface area contributed by atoms with Gasteiger partial charge in [0.2, 0.25) is 0 Å². The summed E-state index contributed by atoms with van der Waals surface area (Å²) in [6.07, 6.45) is 65.7. The summed E-state index contributed by atoms with van der Waals surface area (Å²) >= 11 is 0. The predicted octanol–water partition coefficient (Wildman–Crippen LogP) is 24.4. The Morgan fingerprint density at radius 1 is 0.280 bits per heavy atom. The molecule has 0 aromatic heterocycles. The highest BCUT2D eigenvalue weighted by atomic mass is 31.2. The maximum Gasteiger partial charge on any atom is 0.472 e. The lowest BCUT2D eigenvalue weighted by atomic mass is 9.99. The average Bonchev–Trinajstić information content (AvgIpc) is 0.925. The number of phosphoric acid groups is 2. The highest BCUT2D eigenvalue weighted by Gasteiger charge is 2.30. The molecular formula is C81H158O17P2. The van der Waals surface area contributed by atoms with Crippen molar-refractivity contribution < 1.29 is 80.2 Å². The molecule has 3 N–H and O–H groups in total. The van der Waals surface area contributed by atoms with Crippen molar-refractivity contribution in [1.29, 1.82) is 0 Å². The molecule has 0 aliphatic heterocycles. The number of carbonyl (C=O) groups is 4. The Labute approximate surface area is 613 Å². The van der Waals surface area contributed by atoms with Crippen molar-refractivity contribution in [2.24, 2.45) is 5.92 Å². The number of phosphoric ester groups is 2. The quantitative estimate of drug-likeness (QED) is 0.0222. The molecule has 0 saturated carbocycles. The minimum Gasteiger partial charge on any atom is -0.462 e. The lowest BCUT2D eigenvalue weighted by Crippen LogP contribution is -2.30. The molecule has 0 aromatic rings. The molecule has 0 bridgehead atoms. The van der Waals surface area contributed by atoms with E-state index in [4.69, 9.17) is 37.0 Å². The molecule has 100 heavy (non-hydrogen) atoms. The normalized spacial score (nSPS) is 14.1. The highest BCUT2D eigenvalue weighted by Crippen LogP contribution is 2.45. The van der Waals surface area contributed by atoms with Gasteiger partial charge in [-0.1, -0.05) is 381 Å². The number of carbonyl (C=O) groups excluding carboxylic acids is 4. The first-order valence-corrected chi connectivity index (χ1v) is 45.2. The van der Waals surface area contributed by atoms with E-state index in [0.29, 0.717) is 25.7 Å². The number of hydrogen-bond donors (Lipinski definition) is 3. The molecule has 594 valence electrons. The van der Waals surface area contributed by atoms with E-state index in [1.54, 1.807) is 0 Å². The molecule has 6 atom stereocenters. The van der Waals surface area contributed by atoms with Gasteiger partial charge in [-0.05, 0) is 31.6 Å². The summed E-state index contributed by atoms with van der Waals surface area (Å²) in [5, 5.41) is 10.6. The van der Waals surface area contributed by atoms with Gasteiger partial charge in [-0.15, -0.1) is 0 Å². The van der Waals surface area contributed by atoms with E-state index in [-0.39, 0.29) is 25.7 Å². The monoisotopic (exact) mass is 1470 g/mol. The second-order valence-electron chi connectivity index (χ2n) is 29.4. The second-order valence-corrected chi connectivity index (χ2v) is 32.3. The van der Waals surface area contributed by atoms with Crippen molar-refractivity contribution in [2.45, 2.75) is 451 Å². The zero-order valence-electron chi connectivity index (χ0n) is 65.3. The van der Waals surface area contributed by atoms with Crippen LogP contribution in [0.15, 0.2) is 0 Å². The van der Waals surface area contributed by atoms with Crippen LogP contribution in [0.2, 0.25) is 0 Å². The zero-order valence-corrected chi connectivity index (χ0v) is 67.1. The van der Waals surface area contributed by atoms with Crippen LogP contribution in [0, 0.1) is 5.92 Å². The van der Waals surface area contributed by atoms with Crippen LogP contribution in [-0.4, -0.2) is 96.7 Å². The van der Waals surface area contributed by atoms with Crippen LogP contribution in [0.4, 0.5) is 0 Å². The standard InChI is InChI=1S/C81H158O17P2/c1-6-10-13-16-18-20-22-24-26-27-28-32-35-39-42-46-50-55-60-65-79(84)92-71-77(98-81(86)67-62-57-52-48-44-40-36-33-30-29-31-34-37-41-45-49-54-58-63-74(5)9-4)73-96-100(89,90)94-69-75(82)68-93-99(87,88)95-72-76(70-91-78(83)64-59-53-15-12-8-3)97-80(85)66-61-56-51-47-43-38-25-23-21-19-17-14-11-7-2/h74-77,82H,6-73H2,1-5H3,(H,87,88)(H,89,90)/t74?,75-,76+,77+/m0/s1. The van der Waals surface area contributed by atoms with Crippen LogP contribution in [0.1, 0.15) is 433 Å². The summed E-state index contributed by atoms with van der Waals surface area (Å²) in [4.78, 5) is 72.7. The van der Waals surface area contributed by atoms with Crippen molar-refractivity contribution in [1.82, 2.24) is 0 Å². The maximum absolute atomic E-state index is 13.1. The molecular weight excluding hydrogens is 1310 g/mol. The van der Waals surface area contributed by atoms with Gasteiger partial charge in [0.1, 0.15) is 19.3 Å². The van der Waals surface area contributed by atoms with Crippen LogP contribution >= 0.6 is 15.6 Å². The molecule has 0 spiro atoms. The van der Waals surface area contributed by atoms with Gasteiger partial charge >= 0.3 is 39.5 Å². The third kappa shape index (κ3) is 73.0. The Morgan fingerprint density at radius 3 is 0.710 bits per heavy atom. The summed E-state index contributed by atoms with van der Waals surface area (Å²) in [7, 11) is -9.91. The van der Waals surface area contributed by atoms with Crippen molar-refractivity contribution >= 4 is 39.5 Å². The number of esters is 4. The Bertz CT molecular complexity index is 1910. The Kier molecular flexibility index (Phi) is 72.5. The van der Waals surface area contributed by atoms with Crippen molar-refractivity contribution in [2.75, 3.05) is 39.6 Å². The number of aliphatic hydroxyl groups excluding tert-OH is 1. The fraction of sp³-hybridized carbons (Fsp3) is 0.951. The molecule has 0 fully saturated rings. The minimum absolute atomic E-state index is 0.107. The fourth-order valence-corrected chi connectivity index (χ4v) is 14.1. The molecule has 0 aliphatic rings. The summed E-state index contributed by atoms with van der Waals surface area (Å²) in [5.74, 6) is -1.25. The van der Waals surface area contributed by atoms with Crippen LogP contribution in [0.25, 0.3) is 0 Å². The Morgan fingerprint density at radius 2 is 0.480 bits per heavy atom. The first-order chi connectivity index (χ1) is 48.6. The smallest absolute Gasteiger partial charge is 0.462 e. The molecule has 17 nitrogen and oxygen atoms in total. The predicted molar refractivity (Wildman–Crippen MR) is 409 cm³/mol. The average molecular weight is 1470 g/mol. The van der Waals surface area contributed by atoms with Gasteiger partial charge in [0.25, 0.3) is 0 Å². The van der Waals surface area contributed by atoms with Crippen molar-refractivity contribution in [3.63, 3.8) is 0 Å². The minimum atomic E-state index is -4.96. The first kappa shape index (κ1) is 98.1. The van der Waals surface area contributed by atoms with Gasteiger partial charge in [-0.25, -0.2) is 9.13 Å². The summed E-state index contributed by atoms with van der Waals surface area (Å²) < 4.78 is 68.5. The van der Waals surface area contributed by atoms with Gasteiger partial charge in [0.05, 0.1) is 26.4 Å². The van der Waals surface area contributed by atoms with Crippen LogP contribution < -0.4 is 0 Å². The van der Waals surface area contributed by atoms with E-state index in [1.807, 2.05) is 0 Å². The van der Waals surface area contributed by atoms with Gasteiger partial charge in [0.15, 0.2) is 12.2 Å². The van der Waals surface area contributed by atoms with Crippen molar-refractivity contribution in [3.8, 4) is 0 Å². The van der Waals surface area contributed by atoms with E-state index in [9.17, 15) is 43.2 Å². The molecule has 0 aromatic carbocycles. The van der Waals surface area contributed by atoms with Crippen LogP contribution in [0.3, 0.4) is 0 Å².